The molecule has 0 N–H and O–H groups in total. The van der Waals surface area contributed by atoms with E-state index in [0.29, 0.717) is 0 Å². The minimum atomic E-state index is -5.78. The molecule has 1 rings (SSSR count). The Kier molecular flexibility index (Phi) is 4.72. The summed E-state index contributed by atoms with van der Waals surface area (Å²) >= 11 is 0. The third kappa shape index (κ3) is 7.19. The van der Waals surface area contributed by atoms with E-state index in [4.69, 9.17) is 4.79 Å². The van der Waals surface area contributed by atoms with Crippen LogP contribution in [0.3, 0.4) is 0 Å². The molecule has 86 valence electrons. The number of halogens is 5. The Morgan fingerprint density at radius 2 is 1.67 bits per heavy atom. The summed E-state index contributed by atoms with van der Waals surface area (Å²) in [4.78, 5) is 9.09. The average molecular weight is 508 g/mol. The van der Waals surface area contributed by atoms with Crippen LogP contribution in [0, 0.1) is 5.50 Å². The Morgan fingerprint density at radius 1 is 1.40 bits per heavy atom. The van der Waals surface area contributed by atoms with Gasteiger partial charge in [0.15, 0.2) is 0 Å². The number of hydrogen-bond donors (Lipinski definition) is 0. The van der Waals surface area contributed by atoms with Crippen LogP contribution in [0.15, 0.2) is 0 Å². The van der Waals surface area contributed by atoms with Gasteiger partial charge in [-0.15, -0.1) is 3.89 Å². The largest absolute Gasteiger partial charge is 0.404 e. The van der Waals surface area contributed by atoms with Crippen molar-refractivity contribution in [3.05, 3.63) is 5.50 Å². The van der Waals surface area contributed by atoms with Crippen molar-refractivity contribution in [3.63, 3.8) is 0 Å². The minimum Gasteiger partial charge on any atom is -0.404 e. The molecule has 15 heavy (non-hydrogen) atoms. The first-order valence-corrected chi connectivity index (χ1v) is 4.13. The molecule has 0 amide bonds. The molecule has 1 aliphatic rings. The first kappa shape index (κ1) is 15.6. The van der Waals surface area contributed by atoms with Gasteiger partial charge in [0.1, 0.15) is 6.61 Å². The molecule has 0 aromatic heterocycles. The summed E-state index contributed by atoms with van der Waals surface area (Å²) in [5.74, 6) is 0. The minimum absolute atomic E-state index is 0. The van der Waals surface area contributed by atoms with Gasteiger partial charge in [0.05, 0.1) is 0 Å². The first-order valence-electron chi connectivity index (χ1n) is 2.75. The molecular weight excluding hydrogens is 506 g/mol. The number of ether oxygens (including phenoxy) is 1. The van der Waals surface area contributed by atoms with Crippen LogP contribution in [0.1, 0.15) is 0 Å². The van der Waals surface area contributed by atoms with Gasteiger partial charge in [-0.25, -0.2) is 8.42 Å². The summed E-state index contributed by atoms with van der Waals surface area (Å²) in [6.07, 6.45) is -2.75. The van der Waals surface area contributed by atoms with Crippen molar-refractivity contribution in [3.8, 4) is 0 Å². The predicted molar refractivity (Wildman–Crippen MR) is 31.4 cm³/mol. The summed E-state index contributed by atoms with van der Waals surface area (Å²) in [5.41, 5.74) is -2.91. The van der Waals surface area contributed by atoms with Crippen LogP contribution in [0.25, 0.3) is 0 Å². The van der Waals surface area contributed by atoms with Gasteiger partial charge in [-0.1, -0.05) is 0 Å². The van der Waals surface area contributed by atoms with Crippen LogP contribution >= 0.6 is 0 Å². The monoisotopic (exact) mass is 508 g/mol. The van der Waals surface area contributed by atoms with Crippen LogP contribution in [0.2, 0.25) is 0 Å². The Hall–Kier alpha value is -1.90. The third-order valence-electron chi connectivity index (χ3n) is 0.731. The van der Waals surface area contributed by atoms with Crippen LogP contribution in [-0.4, -0.2) is 27.2 Å². The molecule has 1 saturated heterocycles. The Morgan fingerprint density at radius 3 is 1.67 bits per heavy atom. The maximum atomic E-state index is 11.3. The number of hydrogen-bond acceptors (Lipinski definition) is 4. The predicted octanol–water partition coefficient (Wildman–Crippen LogP) is 0.850. The van der Waals surface area contributed by atoms with E-state index in [9.17, 15) is 29.9 Å². The molecule has 0 bridgehead atoms. The van der Waals surface area contributed by atoms with Crippen molar-refractivity contribution in [2.75, 3.05) is 6.61 Å². The zero-order valence-corrected chi connectivity index (χ0v) is 14.1. The van der Waals surface area contributed by atoms with E-state index >= 15 is 0 Å². The number of carbonyl (C=O) groups excluding carboxylic acids is 1. The van der Waals surface area contributed by atoms with Gasteiger partial charge in [-0.05, 0) is 0 Å². The van der Waals surface area contributed by atoms with Crippen molar-refractivity contribution in [2.24, 2.45) is 0 Å². The van der Waals surface area contributed by atoms with E-state index in [0.717, 1.165) is 0 Å². The first-order chi connectivity index (χ1) is 6.06. The molecule has 4 nitrogen and oxygen atoms in total. The zero-order valence-electron chi connectivity index (χ0n) is 6.85. The van der Waals surface area contributed by atoms with Gasteiger partial charge in [-0.3, -0.25) is 4.79 Å². The fraction of sp³-hybridized carbons (Fsp3) is 0.500. The summed E-state index contributed by atoms with van der Waals surface area (Å²) < 4.78 is 77.2. The molecule has 0 aliphatic carbocycles. The van der Waals surface area contributed by atoms with Crippen molar-refractivity contribution in [1.29, 1.82) is 0 Å². The van der Waals surface area contributed by atoms with Crippen molar-refractivity contribution < 1.29 is 39.4 Å². The third-order valence-corrected chi connectivity index (χ3v) is 1.32. The second-order valence-corrected chi connectivity index (χ2v) is 3.15. The molecular formula is C4H2F5O4RfS-. The van der Waals surface area contributed by atoms with Crippen LogP contribution in [0.5, 0.6) is 0 Å². The van der Waals surface area contributed by atoms with Crippen molar-refractivity contribution in [1.82, 2.24) is 0 Å². The molecule has 1 heterocycles. The van der Waals surface area contributed by atoms with E-state index < -0.39 is 27.9 Å². The van der Waals surface area contributed by atoms with E-state index in [-0.39, 0.29) is 6.61 Å². The summed E-state index contributed by atoms with van der Waals surface area (Å²) in [5, 5.41) is 0. The van der Waals surface area contributed by atoms with Gasteiger partial charge < -0.3 is 9.13 Å². The summed E-state index contributed by atoms with van der Waals surface area (Å²) in [6.45, 7) is -0.382. The smallest absolute Gasteiger partial charge is 0.379 e. The van der Waals surface area contributed by atoms with E-state index in [1.807, 2.05) is 0 Å². The Labute approximate surface area is 74.9 Å². The van der Waals surface area contributed by atoms with Crippen LogP contribution in [-0.2, 0) is 19.8 Å². The number of rotatable bonds is 2. The number of carbonyl (C=O) groups is 1. The molecule has 0 saturated carbocycles. The summed E-state index contributed by atoms with van der Waals surface area (Å²) in [6, 6.07) is -2.93. The molecule has 0 radical (unpaired) electrons. The quantitative estimate of drug-likeness (QED) is 0.241. The van der Waals surface area contributed by atoms with Gasteiger partial charge >= 0.3 is 6.11 Å². The van der Waals surface area contributed by atoms with Crippen molar-refractivity contribution >= 4 is 16.3 Å². The maximum absolute atomic E-state index is 11.3. The van der Waals surface area contributed by atoms with Gasteiger partial charge in [-0.2, -0.15) is 13.2 Å². The van der Waals surface area contributed by atoms with Crippen LogP contribution in [0.4, 0.5) is 21.4 Å². The second-order valence-electron chi connectivity index (χ2n) is 1.91. The molecule has 0 spiro atoms. The van der Waals surface area contributed by atoms with Gasteiger partial charge in [0.25, 0.3) is 0 Å². The normalized spacial score (nSPS) is 16.6. The van der Waals surface area contributed by atoms with Crippen molar-refractivity contribution in [2.45, 2.75) is 6.11 Å². The molecule has 1 fully saturated rings. The van der Waals surface area contributed by atoms with Gasteiger partial charge in [0, 0.05) is 5.50 Å². The topological polar surface area (TPSA) is 63.7 Å². The zero-order chi connectivity index (χ0) is 11.6. The molecule has 0 aromatic carbocycles. The molecule has 0 aromatic rings. The standard InChI is InChI=1S/C2F3O3S.C2H2F2O.Rf/c3-1(6)2(4)9(5,7)8;3-2(4)1-5-2;/h;1H2;/q-1;;. The molecule has 0 unspecified atom stereocenters. The number of alkyl halides is 2. The van der Waals surface area contributed by atoms with E-state index in [2.05, 4.69) is 4.74 Å². The number of epoxide rings is 1. The van der Waals surface area contributed by atoms with E-state index in [1.165, 1.54) is 0 Å². The fourth-order valence-electron chi connectivity index (χ4n) is 0.150. The van der Waals surface area contributed by atoms with Gasteiger partial charge in [0.2, 0.25) is 16.3 Å². The maximum Gasteiger partial charge on any atom is 0.379 e. The average Bonchev–Trinajstić information content (AvgIpc) is 2.63. The van der Waals surface area contributed by atoms with E-state index in [1.54, 1.807) is 0 Å². The Bertz CT molecular complexity index is 311. The molecule has 0 atom stereocenters. The Balaban J connectivity index is 0. The molecule has 11 heteroatoms. The summed E-state index contributed by atoms with van der Waals surface area (Å²) in [7, 11) is -5.78. The van der Waals surface area contributed by atoms with Crippen LogP contribution < -0.4 is 0 Å². The fourth-order valence-corrected chi connectivity index (χ4v) is 0.342. The second kappa shape index (κ2) is 4.55. The SMILES string of the molecule is FC1(F)CO1.O=C(F)[C-](F)S(=O)(=O)F.[Rf]. The molecule has 1 aliphatic heterocycles.